The van der Waals surface area contributed by atoms with Gasteiger partial charge in [-0.15, -0.1) is 0 Å². The van der Waals surface area contributed by atoms with E-state index in [0.29, 0.717) is 0 Å². The van der Waals surface area contributed by atoms with Gasteiger partial charge in [-0.2, -0.15) is 0 Å². The number of fused-ring (bicyclic) bond motifs is 4. The normalized spacial score (nSPS) is 12.7. The van der Waals surface area contributed by atoms with E-state index in [1.807, 2.05) is 18.2 Å². The van der Waals surface area contributed by atoms with Crippen molar-refractivity contribution in [3.8, 4) is 33.9 Å². The zero-order valence-corrected chi connectivity index (χ0v) is 17.6. The molecule has 0 N–H and O–H groups in total. The molecule has 5 aromatic rings. The molecule has 0 saturated carbocycles. The van der Waals surface area contributed by atoms with Gasteiger partial charge in [-0.25, -0.2) is 9.97 Å². The molecule has 1 radical (unpaired) electrons. The maximum absolute atomic E-state index is 5.12. The van der Waals surface area contributed by atoms with Gasteiger partial charge in [0.15, 0.2) is 5.82 Å². The highest BCUT2D eigenvalue weighted by Gasteiger charge is 2.33. The van der Waals surface area contributed by atoms with Gasteiger partial charge < -0.3 is 0 Å². The van der Waals surface area contributed by atoms with Crippen molar-refractivity contribution >= 4 is 29.9 Å². The third-order valence-electron chi connectivity index (χ3n) is 5.91. The summed E-state index contributed by atoms with van der Waals surface area (Å²) in [5.74, 6) is 0.795. The number of aromatic nitrogens is 2. The van der Waals surface area contributed by atoms with Gasteiger partial charge in [0.2, 0.25) is 0 Å². The van der Waals surface area contributed by atoms with Crippen LogP contribution < -0.4 is 10.4 Å². The average Bonchev–Trinajstić information content (AvgIpc) is 3.09. The Morgan fingerprint density at radius 1 is 0.600 bits per heavy atom. The number of hydrogen-bond donors (Lipinski definition) is 0. The van der Waals surface area contributed by atoms with Gasteiger partial charge >= 0.3 is 0 Å². The lowest BCUT2D eigenvalue weighted by atomic mass is 10.0. The first-order valence-corrected chi connectivity index (χ1v) is 12.2. The Hall–Kier alpha value is -3.56. The lowest BCUT2D eigenvalue weighted by Crippen LogP contribution is -2.36. The van der Waals surface area contributed by atoms with E-state index in [1.165, 1.54) is 26.7 Å². The Labute approximate surface area is 177 Å². The Morgan fingerprint density at radius 3 is 1.87 bits per heavy atom. The Bertz CT molecular complexity index is 1400. The van der Waals surface area contributed by atoms with Gasteiger partial charge in [0.1, 0.15) is 8.80 Å². The van der Waals surface area contributed by atoms with Crippen LogP contribution in [-0.4, -0.2) is 18.8 Å². The van der Waals surface area contributed by atoms with Gasteiger partial charge in [-0.05, 0) is 27.2 Å². The summed E-state index contributed by atoms with van der Waals surface area (Å²) in [6, 6.07) is 34.1. The summed E-state index contributed by atoms with van der Waals surface area (Å²) >= 11 is 0. The first kappa shape index (κ1) is 17.3. The Morgan fingerprint density at radius 2 is 1.17 bits per heavy atom. The van der Waals surface area contributed by atoms with E-state index < -0.39 is 8.80 Å². The molecule has 4 aromatic carbocycles. The lowest BCUT2D eigenvalue weighted by molar-refractivity contribution is 1.20. The van der Waals surface area contributed by atoms with Crippen molar-refractivity contribution in [3.63, 3.8) is 0 Å². The quantitative estimate of drug-likeness (QED) is 0.382. The molecule has 2 heterocycles. The molecule has 1 aromatic heterocycles. The predicted octanol–water partition coefficient (Wildman–Crippen LogP) is 5.18. The van der Waals surface area contributed by atoms with Crippen molar-refractivity contribution in [2.75, 3.05) is 0 Å². The van der Waals surface area contributed by atoms with Crippen molar-refractivity contribution < 1.29 is 0 Å². The van der Waals surface area contributed by atoms with Gasteiger partial charge in [0.25, 0.3) is 0 Å². The third-order valence-corrected chi connectivity index (χ3v) is 8.35. The van der Waals surface area contributed by atoms with Crippen LogP contribution in [0.3, 0.4) is 0 Å². The standard InChI is InChI=1S/C27H19N2Si/c1-30-23-17-21-15-9-8-14-20(21)16-22(23)25-26(30)24(18-10-4-2-5-11-18)28-27(29-25)19-12-6-3-7-13-19/h2-17H,1H3. The first-order valence-electron chi connectivity index (χ1n) is 10.2. The zero-order chi connectivity index (χ0) is 20.1. The molecule has 0 atom stereocenters. The van der Waals surface area contributed by atoms with Gasteiger partial charge in [0.05, 0.1) is 11.4 Å². The van der Waals surface area contributed by atoms with Crippen LogP contribution in [0.15, 0.2) is 97.1 Å². The molecule has 0 aliphatic carbocycles. The van der Waals surface area contributed by atoms with E-state index in [4.69, 9.17) is 9.97 Å². The molecule has 0 unspecified atom stereocenters. The van der Waals surface area contributed by atoms with Crippen LogP contribution in [0.5, 0.6) is 0 Å². The summed E-state index contributed by atoms with van der Waals surface area (Å²) in [5, 5.41) is 5.33. The average molecular weight is 400 g/mol. The van der Waals surface area contributed by atoms with Crippen LogP contribution in [0, 0.1) is 0 Å². The van der Waals surface area contributed by atoms with Crippen molar-refractivity contribution in [2.45, 2.75) is 6.55 Å². The molecular weight excluding hydrogens is 380 g/mol. The smallest absolute Gasteiger partial charge is 0.160 e. The molecular formula is C27H19N2Si. The molecule has 0 amide bonds. The summed E-state index contributed by atoms with van der Waals surface area (Å²) in [6.07, 6.45) is 0. The maximum Gasteiger partial charge on any atom is 0.160 e. The third kappa shape index (κ3) is 2.63. The minimum atomic E-state index is -0.961. The van der Waals surface area contributed by atoms with Crippen molar-refractivity contribution in [2.24, 2.45) is 0 Å². The minimum absolute atomic E-state index is 0.795. The molecule has 3 heteroatoms. The molecule has 2 nitrogen and oxygen atoms in total. The predicted molar refractivity (Wildman–Crippen MR) is 127 cm³/mol. The van der Waals surface area contributed by atoms with Crippen LogP contribution in [-0.2, 0) is 0 Å². The molecule has 1 aliphatic rings. The van der Waals surface area contributed by atoms with Crippen LogP contribution in [0.4, 0.5) is 0 Å². The van der Waals surface area contributed by atoms with Crippen LogP contribution in [0.25, 0.3) is 44.7 Å². The molecule has 0 saturated heterocycles. The summed E-state index contributed by atoms with van der Waals surface area (Å²) < 4.78 is 0. The second-order valence-corrected chi connectivity index (χ2v) is 10.0. The highest BCUT2D eigenvalue weighted by atomic mass is 28.3. The maximum atomic E-state index is 5.12. The van der Waals surface area contributed by atoms with E-state index in [9.17, 15) is 0 Å². The van der Waals surface area contributed by atoms with Gasteiger partial charge in [-0.1, -0.05) is 97.5 Å². The fourth-order valence-electron chi connectivity index (χ4n) is 4.41. The number of nitrogens with zero attached hydrogens (tertiary/aromatic N) is 2. The van der Waals surface area contributed by atoms with E-state index in [0.717, 1.165) is 28.3 Å². The van der Waals surface area contributed by atoms with E-state index in [-0.39, 0.29) is 0 Å². The van der Waals surface area contributed by atoms with Gasteiger partial charge in [0, 0.05) is 16.7 Å². The van der Waals surface area contributed by atoms with Crippen molar-refractivity contribution in [1.29, 1.82) is 0 Å². The molecule has 1 aliphatic heterocycles. The molecule has 141 valence electrons. The van der Waals surface area contributed by atoms with E-state index in [1.54, 1.807) is 0 Å². The first-order chi connectivity index (χ1) is 14.8. The van der Waals surface area contributed by atoms with Crippen molar-refractivity contribution in [1.82, 2.24) is 9.97 Å². The fraction of sp³-hybridized carbons (Fsp3) is 0.0370. The monoisotopic (exact) mass is 399 g/mol. The Kier molecular flexibility index (Phi) is 3.89. The minimum Gasteiger partial charge on any atom is -0.228 e. The van der Waals surface area contributed by atoms with Gasteiger partial charge in [-0.3, -0.25) is 0 Å². The second kappa shape index (κ2) is 6.75. The van der Waals surface area contributed by atoms with Crippen LogP contribution in [0.1, 0.15) is 0 Å². The summed E-state index contributed by atoms with van der Waals surface area (Å²) in [4.78, 5) is 10.2. The highest BCUT2D eigenvalue weighted by Crippen LogP contribution is 2.31. The number of benzene rings is 4. The highest BCUT2D eigenvalue weighted by molar-refractivity contribution is 6.89. The van der Waals surface area contributed by atoms with E-state index in [2.05, 4.69) is 85.4 Å². The fourth-order valence-corrected chi connectivity index (χ4v) is 6.75. The molecule has 0 fully saturated rings. The topological polar surface area (TPSA) is 25.8 Å². The van der Waals surface area contributed by atoms with Crippen LogP contribution >= 0.6 is 0 Å². The molecule has 30 heavy (non-hydrogen) atoms. The second-order valence-electron chi connectivity index (χ2n) is 7.72. The number of hydrogen-bond acceptors (Lipinski definition) is 2. The lowest BCUT2D eigenvalue weighted by Gasteiger charge is -2.13. The van der Waals surface area contributed by atoms with Crippen molar-refractivity contribution in [3.05, 3.63) is 97.1 Å². The zero-order valence-electron chi connectivity index (χ0n) is 16.6. The molecule has 0 bridgehead atoms. The Balaban J connectivity index is 1.68. The largest absolute Gasteiger partial charge is 0.228 e. The molecule has 0 spiro atoms. The SMILES string of the molecule is C[Si]1c2cc3ccccc3cc2-c2nc(-c3ccccc3)nc(-c3ccccc3)c21. The number of rotatable bonds is 2. The summed E-state index contributed by atoms with van der Waals surface area (Å²) in [5.41, 5.74) is 5.68. The summed E-state index contributed by atoms with van der Waals surface area (Å²) in [6.45, 7) is 2.38. The summed E-state index contributed by atoms with van der Waals surface area (Å²) in [7, 11) is -0.961. The molecule has 6 rings (SSSR count). The van der Waals surface area contributed by atoms with Crippen LogP contribution in [0.2, 0.25) is 6.55 Å². The van der Waals surface area contributed by atoms with E-state index >= 15 is 0 Å².